The molecule has 2 N–H and O–H groups in total. The predicted molar refractivity (Wildman–Crippen MR) is 144 cm³/mol. The number of amides is 1. The topological polar surface area (TPSA) is 71.4 Å². The molecular formula is C28H26FN5O2S. The second kappa shape index (κ2) is 10.8. The molecule has 2 atom stereocenters. The summed E-state index contributed by atoms with van der Waals surface area (Å²) in [5.41, 5.74) is 3.04. The van der Waals surface area contributed by atoms with Crippen molar-refractivity contribution in [2.45, 2.75) is 18.5 Å². The number of carbonyl (C=O) groups is 1. The number of aromatic nitrogens is 2. The minimum Gasteiger partial charge on any atom is -0.495 e. The number of para-hydroxylation sites is 2. The highest BCUT2D eigenvalue weighted by Crippen LogP contribution is 2.39. The number of rotatable bonds is 8. The van der Waals surface area contributed by atoms with Gasteiger partial charge >= 0.3 is 0 Å². The van der Waals surface area contributed by atoms with Gasteiger partial charge in [0.15, 0.2) is 5.11 Å². The largest absolute Gasteiger partial charge is 0.495 e. The van der Waals surface area contributed by atoms with Gasteiger partial charge in [-0.3, -0.25) is 9.78 Å². The van der Waals surface area contributed by atoms with Crippen molar-refractivity contribution in [3.63, 3.8) is 0 Å². The number of anilines is 1. The Morgan fingerprint density at radius 1 is 1.11 bits per heavy atom. The molecule has 2 aromatic carbocycles. The third-order valence-corrected chi connectivity index (χ3v) is 6.68. The van der Waals surface area contributed by atoms with Gasteiger partial charge in [0.05, 0.1) is 30.6 Å². The van der Waals surface area contributed by atoms with Gasteiger partial charge in [-0.05, 0) is 66.8 Å². The lowest BCUT2D eigenvalue weighted by Crippen LogP contribution is -2.33. The summed E-state index contributed by atoms with van der Waals surface area (Å²) >= 11 is 5.74. The van der Waals surface area contributed by atoms with Crippen molar-refractivity contribution in [2.24, 2.45) is 0 Å². The second-order valence-corrected chi connectivity index (χ2v) is 8.99. The first-order valence-corrected chi connectivity index (χ1v) is 12.3. The Labute approximate surface area is 219 Å². The summed E-state index contributed by atoms with van der Waals surface area (Å²) in [6.45, 7) is 0.370. The smallest absolute Gasteiger partial charge is 0.226 e. The molecule has 0 unspecified atom stereocenters. The van der Waals surface area contributed by atoms with E-state index in [1.54, 1.807) is 31.5 Å². The SMILES string of the molecule is COc1ccccc1NC(=O)CCN1C(=S)N[C@H](c2ccccn2)[C@@H]1c1cccn1-c1cccc(F)c1. The molecule has 7 nitrogen and oxygen atoms in total. The molecule has 1 fully saturated rings. The summed E-state index contributed by atoms with van der Waals surface area (Å²) in [6, 6.07) is 22.8. The van der Waals surface area contributed by atoms with Crippen LogP contribution in [0, 0.1) is 5.82 Å². The molecule has 9 heteroatoms. The number of ether oxygens (including phenoxy) is 1. The predicted octanol–water partition coefficient (Wildman–Crippen LogP) is 5.02. The van der Waals surface area contributed by atoms with Gasteiger partial charge in [0, 0.05) is 36.7 Å². The number of carbonyl (C=O) groups excluding carboxylic acids is 1. The molecule has 1 saturated heterocycles. The van der Waals surface area contributed by atoms with E-state index in [1.807, 2.05) is 64.2 Å². The van der Waals surface area contributed by atoms with Crippen LogP contribution in [0.4, 0.5) is 10.1 Å². The van der Waals surface area contributed by atoms with Gasteiger partial charge in [-0.15, -0.1) is 0 Å². The van der Waals surface area contributed by atoms with Crippen molar-refractivity contribution < 1.29 is 13.9 Å². The third kappa shape index (κ3) is 5.17. The average molecular weight is 516 g/mol. The number of nitrogens with zero attached hydrogens (tertiary/aromatic N) is 3. The summed E-state index contributed by atoms with van der Waals surface area (Å²) in [6.07, 6.45) is 3.84. The molecule has 1 aliphatic heterocycles. The summed E-state index contributed by atoms with van der Waals surface area (Å²) in [7, 11) is 1.56. The van der Waals surface area contributed by atoms with Crippen LogP contribution >= 0.6 is 12.2 Å². The molecule has 2 aromatic heterocycles. The maximum atomic E-state index is 14.1. The van der Waals surface area contributed by atoms with Crippen LogP contribution in [-0.4, -0.2) is 39.1 Å². The molecule has 188 valence electrons. The highest BCUT2D eigenvalue weighted by atomic mass is 32.1. The standard InChI is InChI=1S/C28H26FN5O2S/c1-36-24-13-3-2-10-21(24)31-25(35)14-17-34-27(26(32-28(34)37)22-11-4-5-15-30-22)23-12-7-16-33(23)20-9-6-8-19(29)18-20/h2-13,15-16,18,26-27H,14,17H2,1H3,(H,31,35)(H,32,37)/t26-,27+/m1/s1. The minimum absolute atomic E-state index is 0.159. The van der Waals surface area contributed by atoms with E-state index < -0.39 is 0 Å². The summed E-state index contributed by atoms with van der Waals surface area (Å²) in [5.74, 6) is 0.117. The van der Waals surface area contributed by atoms with E-state index in [-0.39, 0.29) is 30.2 Å². The number of hydrogen-bond acceptors (Lipinski definition) is 4. The van der Waals surface area contributed by atoms with Crippen LogP contribution in [0.5, 0.6) is 5.75 Å². The van der Waals surface area contributed by atoms with Gasteiger partial charge in [0.1, 0.15) is 11.6 Å². The van der Waals surface area contributed by atoms with E-state index in [1.165, 1.54) is 12.1 Å². The molecule has 1 aliphatic rings. The van der Waals surface area contributed by atoms with E-state index in [0.29, 0.717) is 28.8 Å². The number of nitrogens with one attached hydrogen (secondary N) is 2. The summed E-state index contributed by atoms with van der Waals surface area (Å²) in [5, 5.41) is 6.84. The summed E-state index contributed by atoms with van der Waals surface area (Å²) < 4.78 is 21.4. The fourth-order valence-electron chi connectivity index (χ4n) is 4.65. The average Bonchev–Trinajstić information content (AvgIpc) is 3.52. The first-order valence-electron chi connectivity index (χ1n) is 11.9. The van der Waals surface area contributed by atoms with Gasteiger partial charge in [-0.25, -0.2) is 4.39 Å². The number of halogens is 1. The Kier molecular flexibility index (Phi) is 7.14. The van der Waals surface area contributed by atoms with Crippen LogP contribution in [0.15, 0.2) is 91.3 Å². The Morgan fingerprint density at radius 3 is 2.73 bits per heavy atom. The highest BCUT2D eigenvalue weighted by molar-refractivity contribution is 7.80. The van der Waals surface area contributed by atoms with Gasteiger partial charge in [-0.1, -0.05) is 24.3 Å². The zero-order valence-electron chi connectivity index (χ0n) is 20.2. The fraction of sp³-hybridized carbons (Fsp3) is 0.179. The van der Waals surface area contributed by atoms with Gasteiger partial charge in [-0.2, -0.15) is 0 Å². The van der Waals surface area contributed by atoms with Gasteiger partial charge in [0.2, 0.25) is 5.91 Å². The third-order valence-electron chi connectivity index (χ3n) is 6.33. The Morgan fingerprint density at radius 2 is 1.95 bits per heavy atom. The van der Waals surface area contributed by atoms with E-state index in [0.717, 1.165) is 11.4 Å². The zero-order chi connectivity index (χ0) is 25.8. The number of methoxy groups -OCH3 is 1. The summed E-state index contributed by atoms with van der Waals surface area (Å²) in [4.78, 5) is 19.5. The molecule has 37 heavy (non-hydrogen) atoms. The maximum absolute atomic E-state index is 14.1. The molecule has 0 aliphatic carbocycles. The first kappa shape index (κ1) is 24.5. The molecule has 0 radical (unpaired) electrons. The van der Waals surface area contributed by atoms with E-state index >= 15 is 0 Å². The van der Waals surface area contributed by atoms with Crippen LogP contribution in [0.25, 0.3) is 5.69 Å². The lowest BCUT2D eigenvalue weighted by atomic mass is 10.0. The van der Waals surface area contributed by atoms with Gasteiger partial charge < -0.3 is 24.8 Å². The molecule has 0 saturated carbocycles. The quantitative estimate of drug-likeness (QED) is 0.321. The van der Waals surface area contributed by atoms with Crippen LogP contribution < -0.4 is 15.4 Å². The van der Waals surface area contributed by atoms with E-state index in [9.17, 15) is 9.18 Å². The van der Waals surface area contributed by atoms with Crippen molar-refractivity contribution in [2.75, 3.05) is 19.0 Å². The van der Waals surface area contributed by atoms with Crippen LogP contribution in [-0.2, 0) is 4.79 Å². The second-order valence-electron chi connectivity index (χ2n) is 8.60. The Balaban J connectivity index is 1.44. The molecule has 5 rings (SSSR count). The van der Waals surface area contributed by atoms with Crippen molar-refractivity contribution in [3.05, 3.63) is 108 Å². The van der Waals surface area contributed by atoms with Crippen LogP contribution in [0.2, 0.25) is 0 Å². The number of pyridine rings is 1. The molecule has 4 aromatic rings. The van der Waals surface area contributed by atoms with Gasteiger partial charge in [0.25, 0.3) is 0 Å². The fourth-order valence-corrected chi connectivity index (χ4v) is 4.98. The lowest BCUT2D eigenvalue weighted by molar-refractivity contribution is -0.116. The molecule has 0 spiro atoms. The normalized spacial score (nSPS) is 16.9. The van der Waals surface area contributed by atoms with Crippen LogP contribution in [0.3, 0.4) is 0 Å². The molecular weight excluding hydrogens is 489 g/mol. The lowest BCUT2D eigenvalue weighted by Gasteiger charge is -2.29. The minimum atomic E-state index is -0.316. The number of hydrogen-bond donors (Lipinski definition) is 2. The maximum Gasteiger partial charge on any atom is 0.226 e. The van der Waals surface area contributed by atoms with Crippen molar-refractivity contribution >= 4 is 28.9 Å². The molecule has 3 heterocycles. The number of thiocarbonyl (C=S) groups is 1. The van der Waals surface area contributed by atoms with E-state index in [2.05, 4.69) is 15.6 Å². The van der Waals surface area contributed by atoms with Crippen molar-refractivity contribution in [1.82, 2.24) is 19.8 Å². The number of benzene rings is 2. The van der Waals surface area contributed by atoms with Crippen molar-refractivity contribution in [3.8, 4) is 11.4 Å². The van der Waals surface area contributed by atoms with Crippen LogP contribution in [0.1, 0.15) is 29.9 Å². The Hall–Kier alpha value is -4.24. The van der Waals surface area contributed by atoms with Crippen molar-refractivity contribution in [1.29, 1.82) is 0 Å². The molecule has 1 amide bonds. The van der Waals surface area contributed by atoms with E-state index in [4.69, 9.17) is 17.0 Å². The first-order chi connectivity index (χ1) is 18.0. The monoisotopic (exact) mass is 515 g/mol. The zero-order valence-corrected chi connectivity index (χ0v) is 21.0. The highest BCUT2D eigenvalue weighted by Gasteiger charge is 2.41. The Bertz CT molecular complexity index is 1410. The molecule has 0 bridgehead atoms.